The Morgan fingerprint density at radius 3 is 2.62 bits per heavy atom. The van der Waals surface area contributed by atoms with Crippen molar-refractivity contribution in [1.82, 2.24) is 4.57 Å². The van der Waals surface area contributed by atoms with E-state index in [0.29, 0.717) is 10.9 Å². The summed E-state index contributed by atoms with van der Waals surface area (Å²) >= 11 is 0. The van der Waals surface area contributed by atoms with Crippen LogP contribution in [0.5, 0.6) is 0 Å². The van der Waals surface area contributed by atoms with E-state index in [-0.39, 0.29) is 12.4 Å². The Morgan fingerprint density at radius 1 is 1.31 bits per heavy atom. The molecule has 0 amide bonds. The third-order valence-electron chi connectivity index (χ3n) is 3.13. The standard InChI is InChI=1S/C13H16FNO/c1-13(2,8-16)10-4-5-11-9(12(10)14)6-7-15(11)3/h4-7,16H,8H2,1-3H3. The number of hydrogen-bond donors (Lipinski definition) is 1. The highest BCUT2D eigenvalue weighted by molar-refractivity contribution is 5.81. The molecule has 86 valence electrons. The van der Waals surface area contributed by atoms with Crippen molar-refractivity contribution < 1.29 is 9.50 Å². The van der Waals surface area contributed by atoms with Crippen LogP contribution in [0.3, 0.4) is 0 Å². The van der Waals surface area contributed by atoms with Gasteiger partial charge in [-0.05, 0) is 17.7 Å². The second-order valence-electron chi connectivity index (χ2n) is 4.83. The van der Waals surface area contributed by atoms with E-state index in [9.17, 15) is 9.50 Å². The smallest absolute Gasteiger partial charge is 0.136 e. The molecule has 1 N–H and O–H groups in total. The summed E-state index contributed by atoms with van der Waals surface area (Å²) in [5, 5.41) is 9.89. The Balaban J connectivity index is 2.70. The van der Waals surface area contributed by atoms with E-state index < -0.39 is 5.41 Å². The molecule has 0 fully saturated rings. The van der Waals surface area contributed by atoms with Gasteiger partial charge < -0.3 is 9.67 Å². The molecule has 16 heavy (non-hydrogen) atoms. The molecule has 2 rings (SSSR count). The molecule has 0 unspecified atom stereocenters. The molecule has 3 heteroatoms. The SMILES string of the molecule is Cn1ccc2c(F)c(C(C)(C)CO)ccc21. The molecule has 0 saturated heterocycles. The quantitative estimate of drug-likeness (QED) is 0.828. The second-order valence-corrected chi connectivity index (χ2v) is 4.83. The first-order chi connectivity index (χ1) is 7.47. The van der Waals surface area contributed by atoms with Crippen LogP contribution in [-0.4, -0.2) is 16.3 Å². The Labute approximate surface area is 94.3 Å². The molecule has 0 radical (unpaired) electrons. The van der Waals surface area contributed by atoms with E-state index in [1.807, 2.05) is 37.7 Å². The van der Waals surface area contributed by atoms with Crippen LogP contribution in [0.25, 0.3) is 10.9 Å². The monoisotopic (exact) mass is 221 g/mol. The molecule has 0 bridgehead atoms. The number of benzene rings is 1. The zero-order valence-electron chi connectivity index (χ0n) is 9.79. The molecule has 2 nitrogen and oxygen atoms in total. The van der Waals surface area contributed by atoms with Gasteiger partial charge in [-0.3, -0.25) is 0 Å². The van der Waals surface area contributed by atoms with Gasteiger partial charge in [0, 0.05) is 24.0 Å². The zero-order chi connectivity index (χ0) is 11.9. The zero-order valence-corrected chi connectivity index (χ0v) is 9.79. The molecular weight excluding hydrogens is 205 g/mol. The van der Waals surface area contributed by atoms with Gasteiger partial charge in [-0.25, -0.2) is 4.39 Å². The van der Waals surface area contributed by atoms with Crippen molar-refractivity contribution in [2.24, 2.45) is 7.05 Å². The Kier molecular flexibility index (Phi) is 2.50. The average Bonchev–Trinajstić information content (AvgIpc) is 2.62. The molecule has 0 atom stereocenters. The lowest BCUT2D eigenvalue weighted by molar-refractivity contribution is 0.215. The van der Waals surface area contributed by atoms with Crippen molar-refractivity contribution in [3.63, 3.8) is 0 Å². The van der Waals surface area contributed by atoms with Gasteiger partial charge in [0.1, 0.15) is 5.82 Å². The first kappa shape index (κ1) is 11.1. The van der Waals surface area contributed by atoms with Crippen molar-refractivity contribution in [3.05, 3.63) is 35.8 Å². The Hall–Kier alpha value is -1.35. The summed E-state index contributed by atoms with van der Waals surface area (Å²) in [7, 11) is 1.89. The first-order valence-electron chi connectivity index (χ1n) is 5.32. The van der Waals surface area contributed by atoms with Gasteiger partial charge in [0.25, 0.3) is 0 Å². The van der Waals surface area contributed by atoms with Crippen LogP contribution in [0.1, 0.15) is 19.4 Å². The minimum atomic E-state index is -0.548. The molecule has 2 aromatic rings. The number of rotatable bonds is 2. The maximum absolute atomic E-state index is 14.2. The topological polar surface area (TPSA) is 25.2 Å². The summed E-state index contributed by atoms with van der Waals surface area (Å²) in [6, 6.07) is 5.42. The summed E-state index contributed by atoms with van der Waals surface area (Å²) in [5.41, 5.74) is 0.886. The summed E-state index contributed by atoms with van der Waals surface area (Å²) in [5.74, 6) is -0.225. The van der Waals surface area contributed by atoms with Crippen LogP contribution < -0.4 is 0 Å². The molecule has 0 saturated carbocycles. The second kappa shape index (κ2) is 3.59. The molecule has 1 aromatic carbocycles. The third kappa shape index (κ3) is 1.52. The predicted octanol–water partition coefficient (Wildman–Crippen LogP) is 2.59. The maximum Gasteiger partial charge on any atom is 0.136 e. The molecule has 0 aliphatic rings. The number of aryl methyl sites for hydroxylation is 1. The number of nitrogens with zero attached hydrogens (tertiary/aromatic N) is 1. The minimum Gasteiger partial charge on any atom is -0.395 e. The minimum absolute atomic E-state index is 0.0672. The maximum atomic E-state index is 14.2. The molecule has 0 aliphatic carbocycles. The number of halogens is 1. The van der Waals surface area contributed by atoms with E-state index in [4.69, 9.17) is 0 Å². The third-order valence-corrected chi connectivity index (χ3v) is 3.13. The van der Waals surface area contributed by atoms with Gasteiger partial charge in [-0.15, -0.1) is 0 Å². The van der Waals surface area contributed by atoms with Crippen LogP contribution in [0.15, 0.2) is 24.4 Å². The lowest BCUT2D eigenvalue weighted by atomic mass is 9.84. The van der Waals surface area contributed by atoms with Gasteiger partial charge in [-0.1, -0.05) is 19.9 Å². The highest BCUT2D eigenvalue weighted by Gasteiger charge is 2.24. The Morgan fingerprint density at radius 2 is 2.00 bits per heavy atom. The normalized spacial score (nSPS) is 12.3. The van der Waals surface area contributed by atoms with Gasteiger partial charge in [0.15, 0.2) is 0 Å². The lowest BCUT2D eigenvalue weighted by Gasteiger charge is -2.23. The average molecular weight is 221 g/mol. The van der Waals surface area contributed by atoms with Crippen molar-refractivity contribution in [2.75, 3.05) is 6.61 Å². The van der Waals surface area contributed by atoms with E-state index in [0.717, 1.165) is 5.52 Å². The van der Waals surface area contributed by atoms with E-state index in [1.54, 1.807) is 12.1 Å². The number of aliphatic hydroxyl groups is 1. The van der Waals surface area contributed by atoms with E-state index in [1.165, 1.54) is 0 Å². The number of hydrogen-bond acceptors (Lipinski definition) is 1. The number of aromatic nitrogens is 1. The van der Waals surface area contributed by atoms with Crippen molar-refractivity contribution in [1.29, 1.82) is 0 Å². The molecule has 1 aromatic heterocycles. The van der Waals surface area contributed by atoms with E-state index >= 15 is 0 Å². The molecule has 0 spiro atoms. The van der Waals surface area contributed by atoms with Crippen LogP contribution in [-0.2, 0) is 12.5 Å². The number of aliphatic hydroxyl groups excluding tert-OH is 1. The van der Waals surface area contributed by atoms with Crippen LogP contribution in [0.2, 0.25) is 0 Å². The predicted molar refractivity (Wildman–Crippen MR) is 63.0 cm³/mol. The van der Waals surface area contributed by atoms with Crippen molar-refractivity contribution >= 4 is 10.9 Å². The van der Waals surface area contributed by atoms with E-state index in [2.05, 4.69) is 0 Å². The summed E-state index contributed by atoms with van der Waals surface area (Å²) in [6.07, 6.45) is 1.84. The highest BCUT2D eigenvalue weighted by atomic mass is 19.1. The highest BCUT2D eigenvalue weighted by Crippen LogP contribution is 2.30. The fourth-order valence-electron chi connectivity index (χ4n) is 1.92. The van der Waals surface area contributed by atoms with Gasteiger partial charge in [-0.2, -0.15) is 0 Å². The van der Waals surface area contributed by atoms with Crippen LogP contribution in [0, 0.1) is 5.82 Å². The Bertz CT molecular complexity index is 528. The summed E-state index contributed by atoms with van der Waals surface area (Å²) < 4.78 is 16.1. The van der Waals surface area contributed by atoms with Gasteiger partial charge in [0.2, 0.25) is 0 Å². The largest absolute Gasteiger partial charge is 0.395 e. The van der Waals surface area contributed by atoms with Gasteiger partial charge >= 0.3 is 0 Å². The van der Waals surface area contributed by atoms with Crippen LogP contribution in [0.4, 0.5) is 4.39 Å². The first-order valence-corrected chi connectivity index (χ1v) is 5.32. The number of fused-ring (bicyclic) bond motifs is 1. The molecule has 0 aliphatic heterocycles. The molecule has 1 heterocycles. The van der Waals surface area contributed by atoms with Crippen LogP contribution >= 0.6 is 0 Å². The fourth-order valence-corrected chi connectivity index (χ4v) is 1.92. The summed E-state index contributed by atoms with van der Waals surface area (Å²) in [6.45, 7) is 3.60. The summed E-state index contributed by atoms with van der Waals surface area (Å²) in [4.78, 5) is 0. The van der Waals surface area contributed by atoms with Gasteiger partial charge in [0.05, 0.1) is 12.1 Å². The molecular formula is C13H16FNO. The fraction of sp³-hybridized carbons (Fsp3) is 0.385. The van der Waals surface area contributed by atoms with Crippen molar-refractivity contribution in [2.45, 2.75) is 19.3 Å². The lowest BCUT2D eigenvalue weighted by Crippen LogP contribution is -2.23. The van der Waals surface area contributed by atoms with Crippen molar-refractivity contribution in [3.8, 4) is 0 Å².